The molecule has 2 rings (SSSR count). The van der Waals surface area contributed by atoms with Gasteiger partial charge in [-0.3, -0.25) is 4.79 Å². The summed E-state index contributed by atoms with van der Waals surface area (Å²) >= 11 is 0. The van der Waals surface area contributed by atoms with Crippen molar-refractivity contribution in [2.45, 2.75) is 33.6 Å². The molecule has 1 fully saturated rings. The monoisotopic (exact) mass is 272 g/mol. The smallest absolute Gasteiger partial charge is 0.312 e. The van der Waals surface area contributed by atoms with Gasteiger partial charge >= 0.3 is 5.97 Å². The van der Waals surface area contributed by atoms with Crippen LogP contribution in [0.25, 0.3) is 6.08 Å². The van der Waals surface area contributed by atoms with Gasteiger partial charge in [0.15, 0.2) is 0 Å². The Morgan fingerprint density at radius 1 is 1.25 bits per heavy atom. The fraction of sp³-hybridized carbons (Fsp3) is 0.500. The Kier molecular flexibility index (Phi) is 4.03. The van der Waals surface area contributed by atoms with Crippen molar-refractivity contribution >= 4 is 12.0 Å². The lowest BCUT2D eigenvalue weighted by atomic mass is 9.65. The summed E-state index contributed by atoms with van der Waals surface area (Å²) in [5, 5.41) is 0. The second-order valence-electron chi connectivity index (χ2n) is 6.46. The Labute approximate surface area is 121 Å². The summed E-state index contributed by atoms with van der Waals surface area (Å²) in [6.07, 6.45) is 6.33. The van der Waals surface area contributed by atoms with E-state index < -0.39 is 5.41 Å². The Morgan fingerprint density at radius 3 is 2.50 bits per heavy atom. The number of hydrogen-bond donors (Lipinski definition) is 0. The van der Waals surface area contributed by atoms with Gasteiger partial charge < -0.3 is 4.74 Å². The maximum atomic E-state index is 12.1. The van der Waals surface area contributed by atoms with Gasteiger partial charge in [-0.25, -0.2) is 0 Å². The second-order valence-corrected chi connectivity index (χ2v) is 6.46. The van der Waals surface area contributed by atoms with Gasteiger partial charge in [0, 0.05) is 0 Å². The molecule has 0 aliphatic heterocycles. The molecule has 0 bridgehead atoms. The molecule has 0 radical (unpaired) electrons. The van der Waals surface area contributed by atoms with Crippen molar-refractivity contribution in [1.29, 1.82) is 0 Å². The number of carbonyl (C=O) groups excluding carboxylic acids is 1. The summed E-state index contributed by atoms with van der Waals surface area (Å²) in [5.41, 5.74) is 0.716. The Bertz CT molecular complexity index is 501. The van der Waals surface area contributed by atoms with Gasteiger partial charge in [0.2, 0.25) is 0 Å². The zero-order valence-electron chi connectivity index (χ0n) is 12.8. The molecule has 0 saturated heterocycles. The number of allylic oxidation sites excluding steroid dienone is 1. The normalized spacial score (nSPS) is 28.7. The summed E-state index contributed by atoms with van der Waals surface area (Å²) < 4.78 is 5.02. The fourth-order valence-electron chi connectivity index (χ4n) is 3.25. The fourth-order valence-corrected chi connectivity index (χ4v) is 3.25. The molecular weight excluding hydrogens is 248 g/mol. The molecule has 108 valence electrons. The van der Waals surface area contributed by atoms with Gasteiger partial charge in [-0.2, -0.15) is 0 Å². The number of hydrogen-bond acceptors (Lipinski definition) is 2. The highest BCUT2D eigenvalue weighted by Gasteiger charge is 2.55. The highest BCUT2D eigenvalue weighted by Crippen LogP contribution is 2.57. The van der Waals surface area contributed by atoms with Crippen molar-refractivity contribution in [3.05, 3.63) is 42.0 Å². The lowest BCUT2D eigenvalue weighted by Crippen LogP contribution is -2.41. The zero-order valence-corrected chi connectivity index (χ0v) is 12.8. The minimum Gasteiger partial charge on any atom is -0.469 e. The molecule has 0 heterocycles. The highest BCUT2D eigenvalue weighted by atomic mass is 16.5. The van der Waals surface area contributed by atoms with E-state index in [1.54, 1.807) is 0 Å². The van der Waals surface area contributed by atoms with Crippen LogP contribution < -0.4 is 0 Å². The molecule has 0 unspecified atom stereocenters. The molecule has 0 aromatic heterocycles. The Balaban J connectivity index is 2.20. The summed E-state index contributed by atoms with van der Waals surface area (Å²) in [4.78, 5) is 12.1. The van der Waals surface area contributed by atoms with Crippen molar-refractivity contribution in [2.24, 2.45) is 16.7 Å². The molecule has 0 spiro atoms. The van der Waals surface area contributed by atoms with E-state index in [0.717, 1.165) is 12.8 Å². The maximum absolute atomic E-state index is 12.1. The maximum Gasteiger partial charge on any atom is 0.312 e. The van der Waals surface area contributed by atoms with E-state index in [-0.39, 0.29) is 11.4 Å². The van der Waals surface area contributed by atoms with Crippen molar-refractivity contribution in [1.82, 2.24) is 0 Å². The first-order chi connectivity index (χ1) is 9.41. The minimum absolute atomic E-state index is 0.0851. The molecule has 1 aromatic carbocycles. The van der Waals surface area contributed by atoms with Crippen LogP contribution in [0.15, 0.2) is 36.4 Å². The largest absolute Gasteiger partial charge is 0.469 e. The van der Waals surface area contributed by atoms with Gasteiger partial charge in [0.1, 0.15) is 0 Å². The number of rotatable bonds is 3. The van der Waals surface area contributed by atoms with Crippen molar-refractivity contribution in [3.8, 4) is 0 Å². The first-order valence-electron chi connectivity index (χ1n) is 7.23. The van der Waals surface area contributed by atoms with E-state index in [1.807, 2.05) is 25.1 Å². The SMILES string of the molecule is COC(=O)[C@]1(C)CC[C@H](/C=C/c2ccccc2)C1(C)C. The van der Waals surface area contributed by atoms with Crippen LogP contribution in [0, 0.1) is 16.7 Å². The molecule has 2 heteroatoms. The predicted molar refractivity (Wildman–Crippen MR) is 82.1 cm³/mol. The number of carbonyl (C=O) groups is 1. The molecular formula is C18H24O2. The molecule has 1 aliphatic rings. The van der Waals surface area contributed by atoms with Crippen LogP contribution in [-0.2, 0) is 9.53 Å². The van der Waals surface area contributed by atoms with Crippen molar-refractivity contribution in [3.63, 3.8) is 0 Å². The number of methoxy groups -OCH3 is 1. The molecule has 20 heavy (non-hydrogen) atoms. The molecule has 0 N–H and O–H groups in total. The van der Waals surface area contributed by atoms with Crippen molar-refractivity contribution < 1.29 is 9.53 Å². The minimum atomic E-state index is -0.395. The third-order valence-electron chi connectivity index (χ3n) is 5.26. The Hall–Kier alpha value is -1.57. The van der Waals surface area contributed by atoms with Crippen LogP contribution in [0.1, 0.15) is 39.2 Å². The average molecular weight is 272 g/mol. The molecule has 0 amide bonds. The lowest BCUT2D eigenvalue weighted by Gasteiger charge is -2.38. The number of esters is 1. The third kappa shape index (κ3) is 2.39. The Morgan fingerprint density at radius 2 is 1.90 bits per heavy atom. The second kappa shape index (κ2) is 5.43. The first-order valence-corrected chi connectivity index (χ1v) is 7.23. The summed E-state index contributed by atoms with van der Waals surface area (Å²) in [7, 11) is 1.48. The van der Waals surface area contributed by atoms with Crippen LogP contribution >= 0.6 is 0 Å². The zero-order chi connectivity index (χ0) is 14.8. The highest BCUT2D eigenvalue weighted by molar-refractivity contribution is 5.78. The van der Waals surface area contributed by atoms with E-state index in [2.05, 4.69) is 38.1 Å². The van der Waals surface area contributed by atoms with E-state index in [0.29, 0.717) is 5.92 Å². The molecule has 2 nitrogen and oxygen atoms in total. The van der Waals surface area contributed by atoms with Gasteiger partial charge in [-0.1, -0.05) is 56.3 Å². The molecule has 1 aliphatic carbocycles. The number of benzene rings is 1. The van der Waals surface area contributed by atoms with E-state index >= 15 is 0 Å². The van der Waals surface area contributed by atoms with Crippen LogP contribution in [0.2, 0.25) is 0 Å². The molecule has 1 saturated carbocycles. The summed E-state index contributed by atoms with van der Waals surface area (Å²) in [6.45, 7) is 6.39. The van der Waals surface area contributed by atoms with Gasteiger partial charge in [-0.05, 0) is 36.7 Å². The van der Waals surface area contributed by atoms with Crippen LogP contribution in [-0.4, -0.2) is 13.1 Å². The molecule has 2 atom stereocenters. The summed E-state index contributed by atoms with van der Waals surface area (Å²) in [5.74, 6) is 0.310. The van der Waals surface area contributed by atoms with Crippen LogP contribution in [0.3, 0.4) is 0 Å². The number of ether oxygens (including phenoxy) is 1. The topological polar surface area (TPSA) is 26.3 Å². The standard InChI is InChI=1S/C18H24O2/c1-17(2)15(11-10-14-8-6-5-7-9-14)12-13-18(17,3)16(19)20-4/h5-11,15H,12-13H2,1-4H3/b11-10+/t15-,18-/m0/s1. The van der Waals surface area contributed by atoms with Gasteiger partial charge in [-0.15, -0.1) is 0 Å². The van der Waals surface area contributed by atoms with Crippen molar-refractivity contribution in [2.75, 3.05) is 7.11 Å². The van der Waals surface area contributed by atoms with Crippen LogP contribution in [0.5, 0.6) is 0 Å². The lowest BCUT2D eigenvalue weighted by molar-refractivity contribution is -0.157. The van der Waals surface area contributed by atoms with E-state index in [4.69, 9.17) is 4.74 Å². The summed E-state index contributed by atoms with van der Waals surface area (Å²) in [6, 6.07) is 10.3. The van der Waals surface area contributed by atoms with Gasteiger partial charge in [0.25, 0.3) is 0 Å². The molecule has 1 aromatic rings. The van der Waals surface area contributed by atoms with E-state index in [9.17, 15) is 4.79 Å². The average Bonchev–Trinajstić information content (AvgIpc) is 2.69. The quantitative estimate of drug-likeness (QED) is 0.766. The first kappa shape index (κ1) is 14.8. The van der Waals surface area contributed by atoms with Gasteiger partial charge in [0.05, 0.1) is 12.5 Å². The third-order valence-corrected chi connectivity index (χ3v) is 5.26. The van der Waals surface area contributed by atoms with Crippen LogP contribution in [0.4, 0.5) is 0 Å². The van der Waals surface area contributed by atoms with E-state index in [1.165, 1.54) is 12.7 Å². The predicted octanol–water partition coefficient (Wildman–Crippen LogP) is 4.32.